The van der Waals surface area contributed by atoms with Gasteiger partial charge in [0.25, 0.3) is 12.5 Å². The van der Waals surface area contributed by atoms with Crippen molar-refractivity contribution in [2.75, 3.05) is 26.3 Å². The van der Waals surface area contributed by atoms with E-state index in [1.54, 1.807) is 12.5 Å². The summed E-state index contributed by atoms with van der Waals surface area (Å²) in [4.78, 5) is 0. The van der Waals surface area contributed by atoms with Gasteiger partial charge in [-0.2, -0.15) is 10.5 Å². The fraction of sp³-hybridized carbons (Fsp3) is 0.667. The molecule has 0 spiro atoms. The normalized spacial score (nSPS) is 7.82. The molecule has 60 valence electrons. The molecule has 0 amide bonds. The highest BCUT2D eigenvalue weighted by atomic mass is 16.5. The van der Waals surface area contributed by atoms with Crippen molar-refractivity contribution >= 4 is 0 Å². The first-order valence-corrected chi connectivity index (χ1v) is 3.14. The number of ether oxygens (including phenoxy) is 2. The summed E-state index contributed by atoms with van der Waals surface area (Å²) >= 11 is 0. The number of hydrogen-bond acceptors (Lipinski definition) is 5. The first-order chi connectivity index (χ1) is 5.41. The number of rotatable bonds is 6. The summed E-state index contributed by atoms with van der Waals surface area (Å²) in [6.45, 7) is 1.87. The minimum atomic E-state index is 0.350. The Labute approximate surface area is 65.1 Å². The lowest BCUT2D eigenvalue weighted by atomic mass is 10.6. The molecule has 0 aromatic rings. The molecule has 0 atom stereocenters. The number of nitriles is 2. The van der Waals surface area contributed by atoms with E-state index >= 15 is 0 Å². The monoisotopic (exact) mass is 155 g/mol. The predicted octanol–water partition coefficient (Wildman–Crippen LogP) is -0.429. The van der Waals surface area contributed by atoms with Crippen molar-refractivity contribution in [3.8, 4) is 12.5 Å². The Morgan fingerprint density at radius 1 is 1.00 bits per heavy atom. The zero-order valence-electron chi connectivity index (χ0n) is 6.04. The van der Waals surface area contributed by atoms with E-state index < -0.39 is 0 Å². The summed E-state index contributed by atoms with van der Waals surface area (Å²) in [5.74, 6) is 0. The van der Waals surface area contributed by atoms with E-state index in [9.17, 15) is 0 Å². The van der Waals surface area contributed by atoms with E-state index in [1.165, 1.54) is 0 Å². The van der Waals surface area contributed by atoms with Crippen molar-refractivity contribution in [3.05, 3.63) is 0 Å². The van der Waals surface area contributed by atoms with E-state index in [4.69, 9.17) is 10.5 Å². The minimum absolute atomic E-state index is 0.350. The van der Waals surface area contributed by atoms with Crippen LogP contribution in [0.25, 0.3) is 0 Å². The van der Waals surface area contributed by atoms with Crippen LogP contribution in [-0.2, 0) is 9.47 Å². The molecule has 0 saturated heterocycles. The lowest BCUT2D eigenvalue weighted by Crippen LogP contribution is -2.22. The number of nitrogens with zero attached hydrogens (tertiary/aromatic N) is 2. The van der Waals surface area contributed by atoms with Gasteiger partial charge in [-0.05, 0) is 0 Å². The molecular weight excluding hydrogens is 146 g/mol. The largest absolute Gasteiger partial charge is 0.426 e. The van der Waals surface area contributed by atoms with Crippen LogP contribution in [0.1, 0.15) is 0 Å². The summed E-state index contributed by atoms with van der Waals surface area (Å²) in [7, 11) is 0. The molecule has 1 N–H and O–H groups in total. The van der Waals surface area contributed by atoms with Crippen LogP contribution in [-0.4, -0.2) is 26.3 Å². The summed E-state index contributed by atoms with van der Waals surface area (Å²) in [6.07, 6.45) is 3.09. The second-order valence-corrected chi connectivity index (χ2v) is 1.63. The van der Waals surface area contributed by atoms with Crippen molar-refractivity contribution < 1.29 is 9.47 Å². The molecule has 0 rings (SSSR count). The van der Waals surface area contributed by atoms with Gasteiger partial charge in [0.05, 0.1) is 0 Å². The highest BCUT2D eigenvalue weighted by Crippen LogP contribution is 1.69. The van der Waals surface area contributed by atoms with E-state index in [0.717, 1.165) is 0 Å². The van der Waals surface area contributed by atoms with Crippen LogP contribution in [0.3, 0.4) is 0 Å². The topological polar surface area (TPSA) is 78.1 Å². The molecule has 0 radical (unpaired) electrons. The van der Waals surface area contributed by atoms with Gasteiger partial charge < -0.3 is 14.8 Å². The van der Waals surface area contributed by atoms with Crippen LogP contribution in [0.2, 0.25) is 0 Å². The van der Waals surface area contributed by atoms with Crippen molar-refractivity contribution in [2.45, 2.75) is 0 Å². The Morgan fingerprint density at radius 3 is 1.82 bits per heavy atom. The third-order valence-corrected chi connectivity index (χ3v) is 0.891. The quantitative estimate of drug-likeness (QED) is 0.416. The van der Waals surface area contributed by atoms with Crippen LogP contribution < -0.4 is 5.32 Å². The van der Waals surface area contributed by atoms with Crippen molar-refractivity contribution in [2.24, 2.45) is 0 Å². The molecule has 0 heterocycles. The molecular formula is C6H9N3O2. The lowest BCUT2D eigenvalue weighted by molar-refractivity contribution is 0.246. The Bertz CT molecular complexity index is 140. The van der Waals surface area contributed by atoms with Gasteiger partial charge in [-0.15, -0.1) is 0 Å². The molecule has 5 nitrogen and oxygen atoms in total. The molecule has 0 unspecified atom stereocenters. The first kappa shape index (κ1) is 9.54. The minimum Gasteiger partial charge on any atom is -0.426 e. The molecule has 0 saturated carbocycles. The zero-order chi connectivity index (χ0) is 8.36. The van der Waals surface area contributed by atoms with Crippen LogP contribution in [0.15, 0.2) is 0 Å². The van der Waals surface area contributed by atoms with Crippen LogP contribution >= 0.6 is 0 Å². The zero-order valence-corrected chi connectivity index (χ0v) is 6.04. The Balaban J connectivity index is 2.82. The van der Waals surface area contributed by atoms with Gasteiger partial charge in [-0.3, -0.25) is 0 Å². The highest BCUT2D eigenvalue weighted by molar-refractivity contribution is 4.53. The van der Waals surface area contributed by atoms with Crippen molar-refractivity contribution in [3.63, 3.8) is 0 Å². The Hall–Kier alpha value is -1.46. The average molecular weight is 155 g/mol. The third kappa shape index (κ3) is 8.54. The standard InChI is InChI=1S/C6H9N3O2/c7-5-10-3-1-9-2-4-11-6-8/h9H,1-4H2. The molecule has 0 aliphatic carbocycles. The fourth-order valence-electron chi connectivity index (χ4n) is 0.463. The Morgan fingerprint density at radius 2 is 1.45 bits per heavy atom. The maximum atomic E-state index is 7.94. The van der Waals surface area contributed by atoms with E-state index in [0.29, 0.717) is 26.3 Å². The van der Waals surface area contributed by atoms with E-state index in [2.05, 4.69) is 14.8 Å². The molecule has 0 aromatic heterocycles. The molecule has 0 aromatic carbocycles. The molecule has 0 aliphatic rings. The first-order valence-electron chi connectivity index (χ1n) is 3.14. The number of nitrogens with one attached hydrogen (secondary N) is 1. The maximum Gasteiger partial charge on any atom is 0.286 e. The maximum absolute atomic E-state index is 7.94. The molecule has 0 bridgehead atoms. The third-order valence-electron chi connectivity index (χ3n) is 0.891. The SMILES string of the molecule is N#COCCNCCOC#N. The van der Waals surface area contributed by atoms with Gasteiger partial charge in [-0.1, -0.05) is 0 Å². The smallest absolute Gasteiger partial charge is 0.286 e. The average Bonchev–Trinajstić information content (AvgIpc) is 2.03. The van der Waals surface area contributed by atoms with Gasteiger partial charge >= 0.3 is 0 Å². The van der Waals surface area contributed by atoms with Gasteiger partial charge in [0.2, 0.25) is 0 Å². The lowest BCUT2D eigenvalue weighted by Gasteiger charge is -1.99. The van der Waals surface area contributed by atoms with Crippen molar-refractivity contribution in [1.82, 2.24) is 5.32 Å². The Kier molecular flexibility index (Phi) is 7.41. The molecule has 0 fully saturated rings. The fourth-order valence-corrected chi connectivity index (χ4v) is 0.463. The second kappa shape index (κ2) is 8.54. The predicted molar refractivity (Wildman–Crippen MR) is 36.0 cm³/mol. The van der Waals surface area contributed by atoms with Crippen LogP contribution in [0.4, 0.5) is 0 Å². The summed E-state index contributed by atoms with van der Waals surface area (Å²) in [5.41, 5.74) is 0. The molecule has 5 heteroatoms. The summed E-state index contributed by atoms with van der Waals surface area (Å²) < 4.78 is 8.75. The van der Waals surface area contributed by atoms with Crippen LogP contribution in [0.5, 0.6) is 0 Å². The second-order valence-electron chi connectivity index (χ2n) is 1.63. The van der Waals surface area contributed by atoms with Gasteiger partial charge in [0, 0.05) is 13.1 Å². The van der Waals surface area contributed by atoms with Crippen molar-refractivity contribution in [1.29, 1.82) is 10.5 Å². The van der Waals surface area contributed by atoms with Gasteiger partial charge in [0.1, 0.15) is 13.2 Å². The highest BCUT2D eigenvalue weighted by Gasteiger charge is 1.86. The summed E-state index contributed by atoms with van der Waals surface area (Å²) in [6, 6.07) is 0. The summed E-state index contributed by atoms with van der Waals surface area (Å²) in [5, 5.41) is 18.8. The van der Waals surface area contributed by atoms with Gasteiger partial charge in [0.15, 0.2) is 0 Å². The molecule has 11 heavy (non-hydrogen) atoms. The van der Waals surface area contributed by atoms with Gasteiger partial charge in [-0.25, -0.2) is 0 Å². The van der Waals surface area contributed by atoms with Crippen LogP contribution in [0, 0.1) is 23.0 Å². The molecule has 0 aliphatic heterocycles. The van der Waals surface area contributed by atoms with E-state index in [-0.39, 0.29) is 0 Å². The van der Waals surface area contributed by atoms with E-state index in [1.807, 2.05) is 0 Å². The number of hydrogen-bond donors (Lipinski definition) is 1.